The van der Waals surface area contributed by atoms with E-state index in [1.165, 1.54) is 0 Å². The van der Waals surface area contributed by atoms with Crippen LogP contribution in [0.15, 0.2) is 57.9 Å². The Kier molecular flexibility index (Phi) is 7.85. The van der Waals surface area contributed by atoms with E-state index < -0.39 is 6.04 Å². The van der Waals surface area contributed by atoms with E-state index in [1.807, 2.05) is 62.5 Å². The van der Waals surface area contributed by atoms with E-state index >= 15 is 0 Å². The molecule has 1 atom stereocenters. The van der Waals surface area contributed by atoms with Crippen LogP contribution in [0.1, 0.15) is 47.9 Å². The molecule has 36 heavy (non-hydrogen) atoms. The van der Waals surface area contributed by atoms with Gasteiger partial charge in [-0.2, -0.15) is 5.26 Å². The number of hydrogen-bond acceptors (Lipinski definition) is 5. The van der Waals surface area contributed by atoms with Crippen molar-refractivity contribution in [2.24, 2.45) is 4.99 Å². The molecule has 2 heterocycles. The second-order valence-corrected chi connectivity index (χ2v) is 8.78. The lowest BCUT2D eigenvalue weighted by Gasteiger charge is -2.23. The van der Waals surface area contributed by atoms with Crippen molar-refractivity contribution in [1.82, 2.24) is 15.5 Å². The SMILES string of the molecule is CCNC(=O)c1cccc(CN2CCCC[C@H](N=C(NC#N)Nc3ccc4oc(C)cc4c3)C2=O)c1. The maximum Gasteiger partial charge on any atom is 0.251 e. The summed E-state index contributed by atoms with van der Waals surface area (Å²) in [6.07, 6.45) is 4.20. The minimum atomic E-state index is -0.623. The number of nitrogens with zero attached hydrogens (tertiary/aromatic N) is 3. The summed E-state index contributed by atoms with van der Waals surface area (Å²) in [5.74, 6) is 0.796. The number of aliphatic imine (C=N–C) groups is 1. The zero-order valence-corrected chi connectivity index (χ0v) is 20.5. The highest BCUT2D eigenvalue weighted by atomic mass is 16.3. The molecule has 1 saturated heterocycles. The molecule has 1 fully saturated rings. The van der Waals surface area contributed by atoms with Crippen LogP contribution in [0.2, 0.25) is 0 Å². The average Bonchev–Trinajstić information content (AvgIpc) is 3.15. The first-order valence-electron chi connectivity index (χ1n) is 12.1. The largest absolute Gasteiger partial charge is 0.461 e. The van der Waals surface area contributed by atoms with E-state index in [4.69, 9.17) is 4.42 Å². The Morgan fingerprint density at radius 1 is 1.22 bits per heavy atom. The van der Waals surface area contributed by atoms with Gasteiger partial charge < -0.3 is 20.0 Å². The Morgan fingerprint density at radius 2 is 2.08 bits per heavy atom. The fourth-order valence-corrected chi connectivity index (χ4v) is 4.35. The standard InChI is InChI=1S/C27H30N6O3/c1-3-29-25(34)20-8-6-7-19(14-20)16-33-12-5-4-9-23(26(33)35)32-27(30-17-28)31-22-10-11-24-21(15-22)13-18(2)36-24/h6-8,10-11,13-15,23H,3-5,9,12,16H2,1-2H3,(H,29,34)(H2,30,31,32)/t23-/m0/s1. The molecule has 1 aromatic heterocycles. The van der Waals surface area contributed by atoms with E-state index in [-0.39, 0.29) is 17.8 Å². The number of nitriles is 1. The van der Waals surface area contributed by atoms with Crippen molar-refractivity contribution in [2.45, 2.75) is 45.7 Å². The smallest absolute Gasteiger partial charge is 0.251 e. The highest BCUT2D eigenvalue weighted by Gasteiger charge is 2.27. The fourth-order valence-electron chi connectivity index (χ4n) is 4.35. The first-order chi connectivity index (χ1) is 17.5. The third-order valence-electron chi connectivity index (χ3n) is 6.01. The van der Waals surface area contributed by atoms with Crippen molar-refractivity contribution in [3.63, 3.8) is 0 Å². The number of fused-ring (bicyclic) bond motifs is 1. The molecule has 0 spiro atoms. The molecule has 0 saturated carbocycles. The third kappa shape index (κ3) is 6.02. The van der Waals surface area contributed by atoms with Crippen LogP contribution in [0.5, 0.6) is 0 Å². The second-order valence-electron chi connectivity index (χ2n) is 8.78. The predicted octanol–water partition coefficient (Wildman–Crippen LogP) is 3.91. The van der Waals surface area contributed by atoms with E-state index in [0.717, 1.165) is 40.8 Å². The van der Waals surface area contributed by atoms with E-state index in [9.17, 15) is 14.9 Å². The van der Waals surface area contributed by atoms with Crippen LogP contribution < -0.4 is 16.0 Å². The van der Waals surface area contributed by atoms with Crippen molar-refractivity contribution < 1.29 is 14.0 Å². The van der Waals surface area contributed by atoms with E-state index in [1.54, 1.807) is 11.0 Å². The Morgan fingerprint density at radius 3 is 2.89 bits per heavy atom. The van der Waals surface area contributed by atoms with Crippen LogP contribution in [0.3, 0.4) is 0 Å². The predicted molar refractivity (Wildman–Crippen MR) is 138 cm³/mol. The molecule has 1 aliphatic heterocycles. The summed E-state index contributed by atoms with van der Waals surface area (Å²) < 4.78 is 5.62. The summed E-state index contributed by atoms with van der Waals surface area (Å²) in [6, 6.07) is 14.2. The zero-order valence-electron chi connectivity index (χ0n) is 20.5. The lowest BCUT2D eigenvalue weighted by Crippen LogP contribution is -2.39. The molecular weight excluding hydrogens is 456 g/mol. The maximum atomic E-state index is 13.4. The molecule has 2 amide bonds. The highest BCUT2D eigenvalue weighted by Crippen LogP contribution is 2.23. The van der Waals surface area contributed by atoms with Gasteiger partial charge in [0.15, 0.2) is 6.19 Å². The van der Waals surface area contributed by atoms with Gasteiger partial charge in [-0.05, 0) is 75.1 Å². The second kappa shape index (κ2) is 11.4. The number of rotatable bonds is 6. The van der Waals surface area contributed by atoms with Crippen LogP contribution in [0.25, 0.3) is 11.0 Å². The summed E-state index contributed by atoms with van der Waals surface area (Å²) in [5.41, 5.74) is 2.95. The van der Waals surface area contributed by atoms with E-state index in [2.05, 4.69) is 20.9 Å². The van der Waals surface area contributed by atoms with Crippen molar-refractivity contribution in [1.29, 1.82) is 5.26 Å². The van der Waals surface area contributed by atoms with Crippen LogP contribution in [-0.2, 0) is 11.3 Å². The molecule has 4 rings (SSSR count). The third-order valence-corrected chi connectivity index (χ3v) is 6.01. The summed E-state index contributed by atoms with van der Waals surface area (Å²) in [7, 11) is 0. The minimum absolute atomic E-state index is 0.101. The van der Waals surface area contributed by atoms with Crippen molar-refractivity contribution in [3.05, 3.63) is 65.4 Å². The Labute approximate surface area is 210 Å². The molecule has 0 radical (unpaired) electrons. The summed E-state index contributed by atoms with van der Waals surface area (Å²) in [5, 5.41) is 18.7. The maximum absolute atomic E-state index is 13.4. The normalized spacial score (nSPS) is 16.4. The number of anilines is 1. The Balaban J connectivity index is 1.51. The number of aryl methyl sites for hydroxylation is 1. The molecular formula is C27H30N6O3. The van der Waals surface area contributed by atoms with Crippen molar-refractivity contribution >= 4 is 34.4 Å². The van der Waals surface area contributed by atoms with Gasteiger partial charge in [-0.1, -0.05) is 12.1 Å². The molecule has 9 nitrogen and oxygen atoms in total. The Hall–Kier alpha value is -4.32. The zero-order chi connectivity index (χ0) is 25.5. The van der Waals surface area contributed by atoms with Gasteiger partial charge in [-0.25, -0.2) is 4.99 Å². The number of nitrogens with one attached hydrogen (secondary N) is 3. The number of guanidine groups is 1. The van der Waals surface area contributed by atoms with Gasteiger partial charge in [0.2, 0.25) is 11.9 Å². The fraction of sp³-hybridized carbons (Fsp3) is 0.333. The molecule has 3 N–H and O–H groups in total. The first kappa shape index (κ1) is 24.8. The lowest BCUT2D eigenvalue weighted by molar-refractivity contribution is -0.132. The van der Waals surface area contributed by atoms with Crippen molar-refractivity contribution in [3.8, 4) is 6.19 Å². The molecule has 0 unspecified atom stereocenters. The van der Waals surface area contributed by atoms with Crippen LogP contribution in [0, 0.1) is 18.4 Å². The van der Waals surface area contributed by atoms with Gasteiger partial charge in [0.1, 0.15) is 17.4 Å². The van der Waals surface area contributed by atoms with Crippen LogP contribution >= 0.6 is 0 Å². The van der Waals surface area contributed by atoms with Gasteiger partial charge in [-0.3, -0.25) is 14.9 Å². The van der Waals surface area contributed by atoms with Crippen LogP contribution in [-0.4, -0.2) is 41.8 Å². The van der Waals surface area contributed by atoms with Gasteiger partial charge in [0.05, 0.1) is 0 Å². The lowest BCUT2D eigenvalue weighted by atomic mass is 10.1. The topological polar surface area (TPSA) is 123 Å². The van der Waals surface area contributed by atoms with Gasteiger partial charge in [0, 0.05) is 36.3 Å². The number of carbonyl (C=O) groups excluding carboxylic acids is 2. The summed E-state index contributed by atoms with van der Waals surface area (Å²) in [4.78, 5) is 32.0. The number of amides is 2. The monoisotopic (exact) mass is 486 g/mol. The summed E-state index contributed by atoms with van der Waals surface area (Å²) in [6.45, 7) is 5.32. The molecule has 3 aromatic rings. The summed E-state index contributed by atoms with van der Waals surface area (Å²) >= 11 is 0. The number of furan rings is 1. The average molecular weight is 487 g/mol. The first-order valence-corrected chi connectivity index (χ1v) is 12.1. The molecule has 9 heteroatoms. The molecule has 0 bridgehead atoms. The van der Waals surface area contributed by atoms with Crippen molar-refractivity contribution in [2.75, 3.05) is 18.4 Å². The molecule has 1 aliphatic rings. The van der Waals surface area contributed by atoms with Gasteiger partial charge in [-0.15, -0.1) is 0 Å². The number of likely N-dealkylation sites (tertiary alicyclic amines) is 1. The van der Waals surface area contributed by atoms with Gasteiger partial charge in [0.25, 0.3) is 5.91 Å². The van der Waals surface area contributed by atoms with Gasteiger partial charge >= 0.3 is 0 Å². The quantitative estimate of drug-likeness (QED) is 0.210. The van der Waals surface area contributed by atoms with Crippen LogP contribution in [0.4, 0.5) is 5.69 Å². The number of carbonyl (C=O) groups is 2. The van der Waals surface area contributed by atoms with E-state index in [0.29, 0.717) is 31.6 Å². The number of benzene rings is 2. The minimum Gasteiger partial charge on any atom is -0.461 e. The molecule has 0 aliphatic carbocycles. The highest BCUT2D eigenvalue weighted by molar-refractivity contribution is 5.98. The Bertz CT molecular complexity index is 1320. The number of hydrogen-bond donors (Lipinski definition) is 3. The molecule has 2 aromatic carbocycles. The molecule has 186 valence electrons.